The molecule has 7 nitrogen and oxygen atoms in total. The van der Waals surface area contributed by atoms with Crippen LogP contribution < -0.4 is 14.8 Å². The lowest BCUT2D eigenvalue weighted by molar-refractivity contribution is 0.238. The standard InChI is InChI=1S/C27H28ClN5O2/c1-18-15-25-26(17-22(18)23-16-21(34-2)9-10-24(23)28)31-32-27(30-25)29-19-5-7-20(8-6-19)35-14-13-33-11-3-4-12-33/h5-10,15-17H,3-4,11-14H2,1-2H3,(H,29,30,32). The lowest BCUT2D eigenvalue weighted by Crippen LogP contribution is -2.25. The molecule has 1 aliphatic rings. The van der Waals surface area contributed by atoms with Gasteiger partial charge in [0.05, 0.1) is 12.6 Å². The molecule has 5 rings (SSSR count). The minimum Gasteiger partial charge on any atom is -0.497 e. The van der Waals surface area contributed by atoms with E-state index in [9.17, 15) is 0 Å². The van der Waals surface area contributed by atoms with Gasteiger partial charge < -0.3 is 14.8 Å². The number of anilines is 2. The van der Waals surface area contributed by atoms with Crippen LogP contribution in [0.5, 0.6) is 11.5 Å². The van der Waals surface area contributed by atoms with Crippen LogP contribution in [0, 0.1) is 6.92 Å². The highest BCUT2D eigenvalue weighted by atomic mass is 35.5. The highest BCUT2D eigenvalue weighted by Crippen LogP contribution is 2.35. The Morgan fingerprint density at radius 1 is 0.914 bits per heavy atom. The molecule has 3 aromatic carbocycles. The Bertz CT molecular complexity index is 1320. The molecule has 180 valence electrons. The number of ether oxygens (including phenoxy) is 2. The summed E-state index contributed by atoms with van der Waals surface area (Å²) in [6.45, 7) is 6.07. The Balaban J connectivity index is 1.28. The van der Waals surface area contributed by atoms with Crippen molar-refractivity contribution >= 4 is 34.3 Å². The first-order valence-corrected chi connectivity index (χ1v) is 12.2. The largest absolute Gasteiger partial charge is 0.497 e. The first kappa shape index (κ1) is 23.3. The van der Waals surface area contributed by atoms with Gasteiger partial charge in [0.1, 0.15) is 23.6 Å². The molecule has 0 amide bonds. The highest BCUT2D eigenvalue weighted by molar-refractivity contribution is 6.33. The van der Waals surface area contributed by atoms with E-state index in [1.165, 1.54) is 25.9 Å². The molecule has 0 unspecified atom stereocenters. The number of nitrogens with zero attached hydrogens (tertiary/aromatic N) is 4. The number of aryl methyl sites for hydroxylation is 1. The fourth-order valence-electron chi connectivity index (χ4n) is 4.33. The second-order valence-corrected chi connectivity index (χ2v) is 9.09. The quantitative estimate of drug-likeness (QED) is 0.331. The molecule has 0 spiro atoms. The first-order chi connectivity index (χ1) is 17.1. The monoisotopic (exact) mass is 489 g/mol. The highest BCUT2D eigenvalue weighted by Gasteiger charge is 2.13. The molecule has 1 saturated heterocycles. The summed E-state index contributed by atoms with van der Waals surface area (Å²) in [6, 6.07) is 17.4. The maximum atomic E-state index is 6.47. The molecular weight excluding hydrogens is 462 g/mol. The van der Waals surface area contributed by atoms with Gasteiger partial charge in [-0.1, -0.05) is 11.6 Å². The van der Waals surface area contributed by atoms with Crippen LogP contribution in [0.15, 0.2) is 54.6 Å². The second-order valence-electron chi connectivity index (χ2n) is 8.68. The zero-order valence-corrected chi connectivity index (χ0v) is 20.7. The SMILES string of the molecule is COc1ccc(Cl)c(-c2cc3nnc(Nc4ccc(OCCN5CCCC5)cc4)nc3cc2C)c1. The zero-order chi connectivity index (χ0) is 24.2. The predicted octanol–water partition coefficient (Wildman–Crippen LogP) is 5.88. The number of fused-ring (bicyclic) bond motifs is 1. The lowest BCUT2D eigenvalue weighted by Gasteiger charge is -2.15. The minimum atomic E-state index is 0.437. The van der Waals surface area contributed by atoms with Crippen molar-refractivity contribution in [2.75, 3.05) is 38.7 Å². The number of benzene rings is 3. The Hall–Kier alpha value is -3.42. The van der Waals surface area contributed by atoms with Crippen molar-refractivity contribution in [3.05, 3.63) is 65.2 Å². The van der Waals surface area contributed by atoms with Gasteiger partial charge in [-0.05, 0) is 98.6 Å². The minimum absolute atomic E-state index is 0.437. The van der Waals surface area contributed by atoms with Gasteiger partial charge in [-0.2, -0.15) is 0 Å². The number of rotatable bonds is 8. The van der Waals surface area contributed by atoms with Crippen molar-refractivity contribution in [3.8, 4) is 22.6 Å². The van der Waals surface area contributed by atoms with E-state index in [-0.39, 0.29) is 0 Å². The van der Waals surface area contributed by atoms with E-state index in [4.69, 9.17) is 21.1 Å². The fourth-order valence-corrected chi connectivity index (χ4v) is 4.55. The van der Waals surface area contributed by atoms with E-state index in [1.54, 1.807) is 7.11 Å². The molecule has 1 aliphatic heterocycles. The molecule has 35 heavy (non-hydrogen) atoms. The molecule has 0 aliphatic carbocycles. The van der Waals surface area contributed by atoms with Gasteiger partial charge in [0, 0.05) is 22.8 Å². The van der Waals surface area contributed by atoms with Gasteiger partial charge in [-0.3, -0.25) is 4.90 Å². The maximum absolute atomic E-state index is 6.47. The van der Waals surface area contributed by atoms with Crippen LogP contribution >= 0.6 is 11.6 Å². The molecule has 0 saturated carbocycles. The molecular formula is C27H28ClN5O2. The molecule has 0 radical (unpaired) electrons. The van der Waals surface area contributed by atoms with E-state index in [1.807, 2.05) is 61.5 Å². The van der Waals surface area contributed by atoms with E-state index < -0.39 is 0 Å². The van der Waals surface area contributed by atoms with Crippen LogP contribution in [-0.4, -0.2) is 53.4 Å². The summed E-state index contributed by atoms with van der Waals surface area (Å²) in [5, 5.41) is 12.5. The van der Waals surface area contributed by atoms with E-state index in [2.05, 4.69) is 25.4 Å². The van der Waals surface area contributed by atoms with E-state index >= 15 is 0 Å². The van der Waals surface area contributed by atoms with Crippen molar-refractivity contribution in [2.45, 2.75) is 19.8 Å². The summed E-state index contributed by atoms with van der Waals surface area (Å²) < 4.78 is 11.2. The number of nitrogens with one attached hydrogen (secondary N) is 1. The number of hydrogen-bond acceptors (Lipinski definition) is 7. The number of halogens is 1. The molecule has 1 fully saturated rings. The van der Waals surface area contributed by atoms with Crippen molar-refractivity contribution in [3.63, 3.8) is 0 Å². The molecule has 0 atom stereocenters. The molecule has 1 aromatic heterocycles. The van der Waals surface area contributed by atoms with Gasteiger partial charge in [0.2, 0.25) is 5.95 Å². The normalized spacial score (nSPS) is 13.8. The number of likely N-dealkylation sites (tertiary alicyclic amines) is 1. The second kappa shape index (κ2) is 10.5. The Kier molecular flexibility index (Phi) is 6.97. The van der Waals surface area contributed by atoms with Gasteiger partial charge in [0.25, 0.3) is 0 Å². The van der Waals surface area contributed by atoms with Crippen LogP contribution in [0.2, 0.25) is 5.02 Å². The summed E-state index contributed by atoms with van der Waals surface area (Å²) in [5.41, 5.74) is 5.21. The third kappa shape index (κ3) is 5.47. The molecule has 1 N–H and O–H groups in total. The average Bonchev–Trinajstić information content (AvgIpc) is 3.39. The summed E-state index contributed by atoms with van der Waals surface area (Å²) in [6.07, 6.45) is 2.59. The first-order valence-electron chi connectivity index (χ1n) is 11.8. The van der Waals surface area contributed by atoms with Crippen molar-refractivity contribution in [2.24, 2.45) is 0 Å². The van der Waals surface area contributed by atoms with Crippen LogP contribution in [-0.2, 0) is 0 Å². The third-order valence-corrected chi connectivity index (χ3v) is 6.58. The van der Waals surface area contributed by atoms with Crippen LogP contribution in [0.25, 0.3) is 22.2 Å². The summed E-state index contributed by atoms with van der Waals surface area (Å²) in [4.78, 5) is 7.10. The van der Waals surface area contributed by atoms with Gasteiger partial charge in [0.15, 0.2) is 0 Å². The van der Waals surface area contributed by atoms with Crippen molar-refractivity contribution in [1.82, 2.24) is 20.1 Å². The smallest absolute Gasteiger partial charge is 0.247 e. The molecule has 8 heteroatoms. The van der Waals surface area contributed by atoms with Gasteiger partial charge in [-0.25, -0.2) is 4.98 Å². The molecule has 0 bridgehead atoms. The molecule has 4 aromatic rings. The zero-order valence-electron chi connectivity index (χ0n) is 19.9. The number of methoxy groups -OCH3 is 1. The van der Waals surface area contributed by atoms with Gasteiger partial charge >= 0.3 is 0 Å². The molecule has 2 heterocycles. The lowest BCUT2D eigenvalue weighted by atomic mass is 9.99. The summed E-state index contributed by atoms with van der Waals surface area (Å²) in [5.74, 6) is 2.04. The number of aromatic nitrogens is 3. The van der Waals surface area contributed by atoms with Crippen LogP contribution in [0.4, 0.5) is 11.6 Å². The predicted molar refractivity (Wildman–Crippen MR) is 140 cm³/mol. The Morgan fingerprint density at radius 2 is 1.69 bits per heavy atom. The Labute approximate surface area is 210 Å². The topological polar surface area (TPSA) is 72.4 Å². The summed E-state index contributed by atoms with van der Waals surface area (Å²) in [7, 11) is 1.64. The van der Waals surface area contributed by atoms with E-state index in [0.717, 1.165) is 45.9 Å². The van der Waals surface area contributed by atoms with Crippen molar-refractivity contribution in [1.29, 1.82) is 0 Å². The fraction of sp³-hybridized carbons (Fsp3) is 0.296. The van der Waals surface area contributed by atoms with Crippen molar-refractivity contribution < 1.29 is 9.47 Å². The van der Waals surface area contributed by atoms with E-state index in [0.29, 0.717) is 23.1 Å². The number of hydrogen-bond donors (Lipinski definition) is 1. The maximum Gasteiger partial charge on any atom is 0.247 e. The summed E-state index contributed by atoms with van der Waals surface area (Å²) >= 11 is 6.47. The average molecular weight is 490 g/mol. The van der Waals surface area contributed by atoms with Crippen LogP contribution in [0.3, 0.4) is 0 Å². The van der Waals surface area contributed by atoms with Crippen LogP contribution in [0.1, 0.15) is 18.4 Å². The van der Waals surface area contributed by atoms with Gasteiger partial charge in [-0.15, -0.1) is 10.2 Å². The third-order valence-electron chi connectivity index (χ3n) is 6.25. The Morgan fingerprint density at radius 3 is 2.46 bits per heavy atom.